The van der Waals surface area contributed by atoms with Crippen molar-refractivity contribution in [3.63, 3.8) is 0 Å². The summed E-state index contributed by atoms with van der Waals surface area (Å²) in [5.74, 6) is -2.62. The van der Waals surface area contributed by atoms with E-state index in [1.54, 1.807) is 26.8 Å². The molecule has 0 heterocycles. The van der Waals surface area contributed by atoms with Gasteiger partial charge in [-0.1, -0.05) is 46.8 Å². The van der Waals surface area contributed by atoms with E-state index in [9.17, 15) is 24.9 Å². The van der Waals surface area contributed by atoms with Crippen molar-refractivity contribution >= 4 is 11.8 Å². The summed E-state index contributed by atoms with van der Waals surface area (Å²) >= 11 is 0. The molecule has 0 bridgehead atoms. The average molecular weight is 419 g/mol. The van der Waals surface area contributed by atoms with E-state index >= 15 is 0 Å². The Balaban J connectivity index is 1.86. The highest BCUT2D eigenvalue weighted by Crippen LogP contribution is 2.76. The van der Waals surface area contributed by atoms with Crippen LogP contribution in [0.2, 0.25) is 0 Å². The lowest BCUT2D eigenvalue weighted by Crippen LogP contribution is -2.61. The van der Waals surface area contributed by atoms with E-state index in [1.807, 2.05) is 26.8 Å². The molecule has 6 heteroatoms. The van der Waals surface area contributed by atoms with E-state index in [1.165, 1.54) is 0 Å². The zero-order valence-electron chi connectivity index (χ0n) is 18.7. The maximum Gasteiger partial charge on any atom is 0.308 e. The normalized spacial score (nSPS) is 46.3. The second kappa shape index (κ2) is 6.27. The van der Waals surface area contributed by atoms with Crippen molar-refractivity contribution in [2.75, 3.05) is 6.61 Å². The van der Waals surface area contributed by atoms with E-state index in [-0.39, 0.29) is 47.9 Å². The second-order valence-corrected chi connectivity index (χ2v) is 10.9. The summed E-state index contributed by atoms with van der Waals surface area (Å²) in [7, 11) is 0. The molecule has 2 saturated carbocycles. The fourth-order valence-corrected chi connectivity index (χ4v) is 6.90. The van der Waals surface area contributed by atoms with Gasteiger partial charge in [0.05, 0.1) is 18.1 Å². The molecule has 3 N–H and O–H groups in total. The number of Topliss-reactive ketones (excluding diaryl/α,β-unsaturated/α-hetero) is 1. The van der Waals surface area contributed by atoms with Crippen molar-refractivity contribution in [3.8, 4) is 0 Å². The molecule has 0 saturated heterocycles. The summed E-state index contributed by atoms with van der Waals surface area (Å²) < 4.78 is 6.10. The Kier molecular flexibility index (Phi) is 4.54. The second-order valence-electron chi connectivity index (χ2n) is 10.9. The van der Waals surface area contributed by atoms with Crippen LogP contribution in [0.15, 0.2) is 23.3 Å². The molecule has 0 aromatic carbocycles. The van der Waals surface area contributed by atoms with Crippen LogP contribution < -0.4 is 0 Å². The van der Waals surface area contributed by atoms with E-state index in [0.29, 0.717) is 17.6 Å². The number of carbonyl (C=O) groups is 2. The topological polar surface area (TPSA) is 104 Å². The predicted octanol–water partition coefficient (Wildman–Crippen LogP) is 2.17. The van der Waals surface area contributed by atoms with Gasteiger partial charge in [0, 0.05) is 29.6 Å². The number of fused-ring (bicyclic) bond motifs is 5. The minimum atomic E-state index is -1.76. The Bertz CT molecular complexity index is 869. The van der Waals surface area contributed by atoms with Crippen LogP contribution in [0.4, 0.5) is 0 Å². The van der Waals surface area contributed by atoms with Crippen molar-refractivity contribution in [1.82, 2.24) is 0 Å². The summed E-state index contributed by atoms with van der Waals surface area (Å²) in [6.45, 7) is 11.0. The number of ketones is 1. The first-order valence-corrected chi connectivity index (χ1v) is 11.0. The van der Waals surface area contributed by atoms with E-state index in [2.05, 4.69) is 0 Å². The maximum atomic E-state index is 12.9. The van der Waals surface area contributed by atoms with Crippen molar-refractivity contribution < 1.29 is 29.6 Å². The number of esters is 1. The molecule has 0 aromatic rings. The number of ether oxygens (including phenoxy) is 1. The van der Waals surface area contributed by atoms with Crippen LogP contribution in [-0.4, -0.2) is 50.5 Å². The van der Waals surface area contributed by atoms with Gasteiger partial charge in [0.2, 0.25) is 0 Å². The lowest BCUT2D eigenvalue weighted by atomic mass is 9.60. The summed E-state index contributed by atoms with van der Waals surface area (Å²) in [5, 5.41) is 33.6. The SMILES string of the molecule is CC1=C[C@H]2[C@@]3(O)[C@H](C=C(CO)C[C@@]2(O)C1=O)[C@@H]1C(C)(C)[C@@]1(OC(=O)C(C)C)C[C@@H]3C. The molecule has 4 aliphatic carbocycles. The van der Waals surface area contributed by atoms with Crippen molar-refractivity contribution in [2.24, 2.45) is 35.0 Å². The molecular formula is C24H34O6. The number of carbonyl (C=O) groups excluding carboxylic acids is 2. The van der Waals surface area contributed by atoms with Gasteiger partial charge in [0.1, 0.15) is 11.2 Å². The van der Waals surface area contributed by atoms with Crippen LogP contribution in [0.25, 0.3) is 0 Å². The molecule has 0 aromatic heterocycles. The maximum absolute atomic E-state index is 12.9. The first-order valence-electron chi connectivity index (χ1n) is 11.0. The lowest BCUT2D eigenvalue weighted by molar-refractivity contribution is -0.188. The van der Waals surface area contributed by atoms with E-state index < -0.39 is 28.6 Å². The minimum absolute atomic E-state index is 0.00169. The van der Waals surface area contributed by atoms with Crippen molar-refractivity contribution in [1.29, 1.82) is 0 Å². The van der Waals surface area contributed by atoms with Gasteiger partial charge in [-0.05, 0) is 30.4 Å². The zero-order chi connectivity index (χ0) is 22.4. The number of aliphatic hydroxyl groups excluding tert-OH is 1. The molecule has 30 heavy (non-hydrogen) atoms. The van der Waals surface area contributed by atoms with Gasteiger partial charge in [-0.15, -0.1) is 0 Å². The number of hydrogen-bond donors (Lipinski definition) is 3. The van der Waals surface area contributed by atoms with Gasteiger partial charge in [0.25, 0.3) is 0 Å². The minimum Gasteiger partial charge on any atom is -0.458 e. The number of rotatable bonds is 3. The fourth-order valence-electron chi connectivity index (χ4n) is 6.90. The Labute approximate surface area is 178 Å². The molecule has 0 spiro atoms. The van der Waals surface area contributed by atoms with Crippen molar-refractivity contribution in [3.05, 3.63) is 23.3 Å². The summed E-state index contributed by atoms with van der Waals surface area (Å²) in [6, 6.07) is 0. The predicted molar refractivity (Wildman–Crippen MR) is 110 cm³/mol. The van der Waals surface area contributed by atoms with Gasteiger partial charge < -0.3 is 20.1 Å². The smallest absolute Gasteiger partial charge is 0.308 e. The average Bonchev–Trinajstić information content (AvgIpc) is 3.06. The zero-order valence-corrected chi connectivity index (χ0v) is 18.7. The molecule has 0 radical (unpaired) electrons. The molecule has 6 nitrogen and oxygen atoms in total. The lowest BCUT2D eigenvalue weighted by Gasteiger charge is -2.50. The van der Waals surface area contributed by atoms with Gasteiger partial charge >= 0.3 is 5.97 Å². The first-order chi connectivity index (χ1) is 13.8. The first kappa shape index (κ1) is 21.7. The monoisotopic (exact) mass is 418 g/mol. The third-order valence-corrected chi connectivity index (χ3v) is 8.63. The Morgan fingerprint density at radius 3 is 2.47 bits per heavy atom. The highest BCUT2D eigenvalue weighted by atomic mass is 16.6. The van der Waals surface area contributed by atoms with Crippen LogP contribution >= 0.6 is 0 Å². The van der Waals surface area contributed by atoms with Crippen LogP contribution in [0.5, 0.6) is 0 Å². The van der Waals surface area contributed by atoms with Gasteiger partial charge in [-0.2, -0.15) is 0 Å². The Hall–Kier alpha value is -1.50. The Morgan fingerprint density at radius 1 is 1.27 bits per heavy atom. The van der Waals surface area contributed by atoms with Gasteiger partial charge in [-0.25, -0.2) is 0 Å². The van der Waals surface area contributed by atoms with Gasteiger partial charge in [0.15, 0.2) is 5.78 Å². The van der Waals surface area contributed by atoms with E-state index in [4.69, 9.17) is 4.74 Å². The molecular weight excluding hydrogens is 384 g/mol. The standard InChI is InChI=1S/C24H34O6/c1-12(2)20(27)30-23-9-14(4)24(29)16(18(23)21(23,5)6)8-15(11-25)10-22(28)17(24)7-13(3)19(22)26/h7-8,12,14,16-18,25,28-29H,9-11H2,1-6H3/t14-,16+,17+,18+,22-,23+,24-/m0/s1. The third kappa shape index (κ3) is 2.41. The quantitative estimate of drug-likeness (QED) is 0.479. The number of hydrogen-bond acceptors (Lipinski definition) is 6. The molecule has 2 fully saturated rings. The molecule has 7 atom stereocenters. The molecule has 0 amide bonds. The van der Waals surface area contributed by atoms with Crippen LogP contribution in [0, 0.1) is 35.0 Å². The van der Waals surface area contributed by atoms with Crippen LogP contribution in [-0.2, 0) is 14.3 Å². The molecule has 0 aliphatic heterocycles. The van der Waals surface area contributed by atoms with Crippen LogP contribution in [0.1, 0.15) is 54.4 Å². The third-order valence-electron chi connectivity index (χ3n) is 8.63. The molecule has 4 rings (SSSR count). The highest BCUT2D eigenvalue weighted by molar-refractivity contribution is 6.04. The largest absolute Gasteiger partial charge is 0.458 e. The summed E-state index contributed by atoms with van der Waals surface area (Å²) in [4.78, 5) is 25.4. The van der Waals surface area contributed by atoms with Gasteiger partial charge in [-0.3, -0.25) is 9.59 Å². The molecule has 4 aliphatic rings. The summed E-state index contributed by atoms with van der Waals surface area (Å²) in [5.41, 5.74) is -3.23. The van der Waals surface area contributed by atoms with E-state index in [0.717, 1.165) is 0 Å². The number of aliphatic hydroxyl groups is 3. The van der Waals surface area contributed by atoms with Crippen LogP contribution in [0.3, 0.4) is 0 Å². The highest BCUT2D eigenvalue weighted by Gasteiger charge is 2.83. The Morgan fingerprint density at radius 2 is 1.90 bits per heavy atom. The fraction of sp³-hybridized carbons (Fsp3) is 0.750. The molecule has 0 unspecified atom stereocenters. The molecule has 166 valence electrons. The van der Waals surface area contributed by atoms with Crippen molar-refractivity contribution in [2.45, 2.75) is 71.2 Å². The summed E-state index contributed by atoms with van der Waals surface area (Å²) in [6.07, 6.45) is 4.02.